The van der Waals surface area contributed by atoms with E-state index < -0.39 is 10.0 Å². The van der Waals surface area contributed by atoms with Crippen molar-refractivity contribution < 1.29 is 8.42 Å². The highest BCUT2D eigenvalue weighted by Gasteiger charge is 2.12. The number of hydrogen-bond acceptors (Lipinski definition) is 3. The molecule has 1 rings (SSSR count). The molecule has 0 aromatic heterocycles. The summed E-state index contributed by atoms with van der Waals surface area (Å²) in [7, 11) is -1.96. The number of nitriles is 1. The highest BCUT2D eigenvalue weighted by Crippen LogP contribution is 2.15. The van der Waals surface area contributed by atoms with Gasteiger partial charge in [-0.2, -0.15) is 5.26 Å². The zero-order chi connectivity index (χ0) is 11.5. The lowest BCUT2D eigenvalue weighted by atomic mass is 10.0. The van der Waals surface area contributed by atoms with Crippen LogP contribution in [-0.4, -0.2) is 15.5 Å². The quantitative estimate of drug-likeness (QED) is 0.829. The fraction of sp³-hybridized carbons (Fsp3) is 0.300. The molecule has 80 valence electrons. The van der Waals surface area contributed by atoms with Crippen molar-refractivity contribution in [1.82, 2.24) is 4.72 Å². The highest BCUT2D eigenvalue weighted by molar-refractivity contribution is 7.88. The first-order valence-electron chi connectivity index (χ1n) is 4.40. The molecular weight excluding hydrogens is 212 g/mol. The first-order chi connectivity index (χ1) is 7.00. The van der Waals surface area contributed by atoms with E-state index in [4.69, 9.17) is 5.26 Å². The number of aryl methyl sites for hydroxylation is 1. The molecule has 0 spiro atoms. The minimum atomic E-state index is -3.32. The average Bonchev–Trinajstić information content (AvgIpc) is 2.18. The first kappa shape index (κ1) is 11.7. The Balaban J connectivity index is 3.18. The van der Waals surface area contributed by atoms with Crippen LogP contribution in [0, 0.1) is 18.3 Å². The zero-order valence-corrected chi connectivity index (χ0v) is 9.43. The van der Waals surface area contributed by atoms with Gasteiger partial charge in [0.1, 0.15) is 0 Å². The fourth-order valence-corrected chi connectivity index (χ4v) is 2.08. The number of nitrogens with zero attached hydrogens (tertiary/aromatic N) is 1. The van der Waals surface area contributed by atoms with E-state index in [1.165, 1.54) is 7.05 Å². The fourth-order valence-electron chi connectivity index (χ4n) is 1.29. The summed E-state index contributed by atoms with van der Waals surface area (Å²) < 4.78 is 24.9. The maximum Gasteiger partial charge on any atom is 0.215 e. The van der Waals surface area contributed by atoms with Crippen LogP contribution in [0.2, 0.25) is 0 Å². The molecule has 0 saturated heterocycles. The summed E-state index contributed by atoms with van der Waals surface area (Å²) in [6.45, 7) is 1.79. The van der Waals surface area contributed by atoms with Crippen molar-refractivity contribution in [3.8, 4) is 6.07 Å². The lowest BCUT2D eigenvalue weighted by Crippen LogP contribution is -2.21. The Hall–Kier alpha value is -1.38. The van der Waals surface area contributed by atoms with E-state index in [9.17, 15) is 8.42 Å². The number of benzene rings is 1. The number of nitrogens with one attached hydrogen (secondary N) is 1. The summed E-state index contributed by atoms with van der Waals surface area (Å²) in [5.41, 5.74) is 1.77. The molecule has 5 heteroatoms. The molecule has 0 radical (unpaired) electrons. The molecule has 0 aliphatic carbocycles. The zero-order valence-electron chi connectivity index (χ0n) is 8.61. The molecule has 15 heavy (non-hydrogen) atoms. The summed E-state index contributed by atoms with van der Waals surface area (Å²) in [5, 5.41) is 8.90. The van der Waals surface area contributed by atoms with Gasteiger partial charge in [0.15, 0.2) is 0 Å². The van der Waals surface area contributed by atoms with Crippen LogP contribution in [0.4, 0.5) is 0 Å². The van der Waals surface area contributed by atoms with Crippen molar-refractivity contribution in [2.45, 2.75) is 12.7 Å². The molecule has 0 saturated carbocycles. The van der Waals surface area contributed by atoms with Crippen molar-refractivity contribution in [3.05, 3.63) is 34.9 Å². The SMILES string of the molecule is CNS(=O)(=O)Cc1cccc(C)c1C#N. The van der Waals surface area contributed by atoms with E-state index in [-0.39, 0.29) is 5.75 Å². The van der Waals surface area contributed by atoms with Crippen molar-refractivity contribution in [2.24, 2.45) is 0 Å². The monoisotopic (exact) mass is 224 g/mol. The topological polar surface area (TPSA) is 70.0 Å². The van der Waals surface area contributed by atoms with E-state index in [1.807, 2.05) is 6.07 Å². The van der Waals surface area contributed by atoms with Gasteiger partial charge in [0.25, 0.3) is 0 Å². The molecule has 0 fully saturated rings. The number of rotatable bonds is 3. The Labute approximate surface area is 89.6 Å². The lowest BCUT2D eigenvalue weighted by Gasteiger charge is -2.06. The summed E-state index contributed by atoms with van der Waals surface area (Å²) in [6.07, 6.45) is 0. The Kier molecular flexibility index (Phi) is 3.45. The van der Waals surface area contributed by atoms with Crippen molar-refractivity contribution >= 4 is 10.0 Å². The summed E-state index contributed by atoms with van der Waals surface area (Å²) in [4.78, 5) is 0. The van der Waals surface area contributed by atoms with Gasteiger partial charge in [0.05, 0.1) is 17.4 Å². The predicted molar refractivity (Wildman–Crippen MR) is 57.6 cm³/mol. The van der Waals surface area contributed by atoms with Gasteiger partial charge >= 0.3 is 0 Å². The van der Waals surface area contributed by atoms with Crippen LogP contribution < -0.4 is 4.72 Å². The maximum atomic E-state index is 11.3. The molecule has 0 amide bonds. The van der Waals surface area contributed by atoms with Crippen molar-refractivity contribution in [1.29, 1.82) is 5.26 Å². The molecule has 0 aliphatic heterocycles. The van der Waals surface area contributed by atoms with E-state index in [1.54, 1.807) is 25.1 Å². The van der Waals surface area contributed by atoms with Gasteiger partial charge in [-0.25, -0.2) is 13.1 Å². The van der Waals surface area contributed by atoms with E-state index in [2.05, 4.69) is 4.72 Å². The Morgan fingerprint density at radius 2 is 2.13 bits per heavy atom. The van der Waals surface area contributed by atoms with Gasteiger partial charge < -0.3 is 0 Å². The van der Waals surface area contributed by atoms with Gasteiger partial charge in [0.2, 0.25) is 10.0 Å². The summed E-state index contributed by atoms with van der Waals surface area (Å²) in [6, 6.07) is 7.20. The molecule has 4 nitrogen and oxygen atoms in total. The standard InChI is InChI=1S/C10H12N2O2S/c1-8-4-3-5-9(10(8)6-11)7-15(13,14)12-2/h3-5,12H,7H2,1-2H3. The highest BCUT2D eigenvalue weighted by atomic mass is 32.2. The van der Waals surface area contributed by atoms with Crippen LogP contribution in [0.5, 0.6) is 0 Å². The second-order valence-corrected chi connectivity index (χ2v) is 5.11. The third kappa shape index (κ3) is 2.78. The smallest absolute Gasteiger partial charge is 0.215 e. The molecule has 0 aliphatic rings. The summed E-state index contributed by atoms with van der Waals surface area (Å²) >= 11 is 0. The van der Waals surface area contributed by atoms with Crippen LogP contribution in [0.15, 0.2) is 18.2 Å². The Morgan fingerprint density at radius 1 is 1.47 bits per heavy atom. The molecule has 0 bridgehead atoms. The van der Waals surface area contributed by atoms with Crippen molar-refractivity contribution in [3.63, 3.8) is 0 Å². The lowest BCUT2D eigenvalue weighted by molar-refractivity contribution is 0.587. The minimum Gasteiger partial charge on any atom is -0.218 e. The molecule has 0 heterocycles. The molecule has 1 aromatic rings. The van der Waals surface area contributed by atoms with Crippen molar-refractivity contribution in [2.75, 3.05) is 7.05 Å². The third-order valence-corrected chi connectivity index (χ3v) is 3.44. The predicted octanol–water partition coefficient (Wildman–Crippen LogP) is 0.916. The average molecular weight is 224 g/mol. The van der Waals surface area contributed by atoms with Gasteiger partial charge in [0, 0.05) is 0 Å². The molecular formula is C10H12N2O2S. The second kappa shape index (κ2) is 4.43. The molecule has 1 N–H and O–H groups in total. The van der Waals surface area contributed by atoms with Gasteiger partial charge in [-0.3, -0.25) is 0 Å². The van der Waals surface area contributed by atoms with E-state index >= 15 is 0 Å². The van der Waals surface area contributed by atoms with Crippen LogP contribution in [-0.2, 0) is 15.8 Å². The first-order valence-corrected chi connectivity index (χ1v) is 6.05. The van der Waals surface area contributed by atoms with E-state index in [0.29, 0.717) is 11.1 Å². The largest absolute Gasteiger partial charge is 0.218 e. The number of hydrogen-bond donors (Lipinski definition) is 1. The Morgan fingerprint density at radius 3 is 2.67 bits per heavy atom. The third-order valence-electron chi connectivity index (χ3n) is 2.13. The Bertz CT molecular complexity index is 501. The molecule has 0 unspecified atom stereocenters. The van der Waals surface area contributed by atoms with Gasteiger partial charge in [-0.15, -0.1) is 0 Å². The van der Waals surface area contributed by atoms with Crippen LogP contribution in [0.25, 0.3) is 0 Å². The van der Waals surface area contributed by atoms with Crippen LogP contribution in [0.1, 0.15) is 16.7 Å². The van der Waals surface area contributed by atoms with Crippen LogP contribution >= 0.6 is 0 Å². The van der Waals surface area contributed by atoms with Gasteiger partial charge in [-0.1, -0.05) is 18.2 Å². The van der Waals surface area contributed by atoms with Gasteiger partial charge in [-0.05, 0) is 25.1 Å². The van der Waals surface area contributed by atoms with E-state index in [0.717, 1.165) is 5.56 Å². The normalized spacial score (nSPS) is 11.0. The minimum absolute atomic E-state index is 0.159. The summed E-state index contributed by atoms with van der Waals surface area (Å²) in [5.74, 6) is -0.159. The number of sulfonamides is 1. The van der Waals surface area contributed by atoms with Crippen LogP contribution in [0.3, 0.4) is 0 Å². The second-order valence-electron chi connectivity index (χ2n) is 3.18. The molecule has 0 atom stereocenters. The maximum absolute atomic E-state index is 11.3. The molecule has 1 aromatic carbocycles.